The number of likely N-dealkylation sites (tertiary alicyclic amines) is 1. The van der Waals surface area contributed by atoms with Gasteiger partial charge in [0, 0.05) is 17.2 Å². The van der Waals surface area contributed by atoms with Crippen LogP contribution in [0.5, 0.6) is 0 Å². The molecule has 0 bridgehead atoms. The molecular weight excluding hydrogens is 383 g/mol. The maximum Gasteiger partial charge on any atom is 0.238 e. The number of aromatic nitrogens is 2. The van der Waals surface area contributed by atoms with E-state index in [-0.39, 0.29) is 24.2 Å². The van der Waals surface area contributed by atoms with Gasteiger partial charge in [-0.25, -0.2) is 4.39 Å². The number of nitrogens with zero attached hydrogens (tertiary/aromatic N) is 3. The molecule has 0 aliphatic carbocycles. The third-order valence-electron chi connectivity index (χ3n) is 5.48. The Morgan fingerprint density at radius 3 is 2.73 bits per heavy atom. The maximum atomic E-state index is 13.6. The van der Waals surface area contributed by atoms with Gasteiger partial charge in [0.1, 0.15) is 5.82 Å². The highest BCUT2D eigenvalue weighted by Gasteiger charge is 2.26. The van der Waals surface area contributed by atoms with Crippen molar-refractivity contribution in [1.82, 2.24) is 15.0 Å². The van der Waals surface area contributed by atoms with Gasteiger partial charge in [-0.1, -0.05) is 35.0 Å². The van der Waals surface area contributed by atoms with Crippen molar-refractivity contribution in [1.29, 1.82) is 0 Å². The highest BCUT2D eigenvalue weighted by atomic mass is 19.1. The molecule has 0 spiro atoms. The first kappa shape index (κ1) is 20.2. The van der Waals surface area contributed by atoms with Crippen LogP contribution in [0.25, 0.3) is 11.4 Å². The highest BCUT2D eigenvalue weighted by molar-refractivity contribution is 5.92. The molecule has 1 fully saturated rings. The predicted octanol–water partition coefficient (Wildman–Crippen LogP) is 4.31. The number of piperidine rings is 1. The predicted molar refractivity (Wildman–Crippen MR) is 113 cm³/mol. The van der Waals surface area contributed by atoms with Gasteiger partial charge < -0.3 is 9.84 Å². The lowest BCUT2D eigenvalue weighted by Crippen LogP contribution is -2.38. The molecule has 156 valence electrons. The first-order valence-corrected chi connectivity index (χ1v) is 10.2. The molecule has 1 aliphatic rings. The van der Waals surface area contributed by atoms with Gasteiger partial charge in [-0.15, -0.1) is 0 Å². The van der Waals surface area contributed by atoms with Crippen molar-refractivity contribution in [3.8, 4) is 11.4 Å². The fourth-order valence-corrected chi connectivity index (χ4v) is 3.71. The lowest BCUT2D eigenvalue weighted by molar-refractivity contribution is -0.117. The summed E-state index contributed by atoms with van der Waals surface area (Å²) in [6.07, 6.45) is 1.70. The second-order valence-corrected chi connectivity index (χ2v) is 7.89. The summed E-state index contributed by atoms with van der Waals surface area (Å²) >= 11 is 0. The average Bonchev–Trinajstić information content (AvgIpc) is 3.22. The van der Waals surface area contributed by atoms with E-state index < -0.39 is 0 Å². The fourth-order valence-electron chi connectivity index (χ4n) is 3.71. The number of rotatable bonds is 5. The summed E-state index contributed by atoms with van der Waals surface area (Å²) in [7, 11) is 0. The maximum absolute atomic E-state index is 13.6. The number of nitrogens with one attached hydrogen (secondary N) is 1. The number of carbonyl (C=O) groups is 1. The van der Waals surface area contributed by atoms with Gasteiger partial charge in [0.2, 0.25) is 17.6 Å². The van der Waals surface area contributed by atoms with Crippen LogP contribution >= 0.6 is 0 Å². The minimum Gasteiger partial charge on any atom is -0.339 e. The molecule has 2 aromatic carbocycles. The minimum atomic E-state index is -0.321. The molecule has 3 aromatic rings. The quantitative estimate of drug-likeness (QED) is 0.681. The standard InChI is InChI=1S/C23H25FN4O2/c1-15-4-3-5-18(12-15)22-26-23(30-27-22)17-8-10-28(11-9-17)14-21(29)25-19-7-6-16(2)20(24)13-19/h3-7,12-13,17H,8-11,14H2,1-2H3,(H,25,29). The second-order valence-electron chi connectivity index (χ2n) is 7.89. The number of amides is 1. The molecule has 0 radical (unpaired) electrons. The summed E-state index contributed by atoms with van der Waals surface area (Å²) in [4.78, 5) is 19.0. The normalized spacial score (nSPS) is 15.3. The van der Waals surface area contributed by atoms with Gasteiger partial charge in [-0.3, -0.25) is 9.69 Å². The van der Waals surface area contributed by atoms with Crippen molar-refractivity contribution in [2.75, 3.05) is 25.0 Å². The van der Waals surface area contributed by atoms with Crippen molar-refractivity contribution in [2.45, 2.75) is 32.6 Å². The fraction of sp³-hybridized carbons (Fsp3) is 0.348. The summed E-state index contributed by atoms with van der Waals surface area (Å²) in [6, 6.07) is 12.7. The number of carbonyl (C=O) groups excluding carboxylic acids is 1. The Kier molecular flexibility index (Phi) is 5.90. The largest absolute Gasteiger partial charge is 0.339 e. The van der Waals surface area contributed by atoms with Gasteiger partial charge >= 0.3 is 0 Å². The zero-order valence-corrected chi connectivity index (χ0v) is 17.2. The van der Waals surface area contributed by atoms with Crippen LogP contribution in [0, 0.1) is 19.7 Å². The molecule has 1 aromatic heterocycles. The Morgan fingerprint density at radius 1 is 1.20 bits per heavy atom. The first-order chi connectivity index (χ1) is 14.5. The van der Waals surface area contributed by atoms with Crippen molar-refractivity contribution in [3.63, 3.8) is 0 Å². The monoisotopic (exact) mass is 408 g/mol. The molecule has 2 heterocycles. The summed E-state index contributed by atoms with van der Waals surface area (Å²) in [5, 5.41) is 6.90. The lowest BCUT2D eigenvalue weighted by Gasteiger charge is -2.29. The van der Waals surface area contributed by atoms with Crippen LogP contribution in [0.3, 0.4) is 0 Å². The first-order valence-electron chi connectivity index (χ1n) is 10.2. The van der Waals surface area contributed by atoms with E-state index in [0.29, 0.717) is 23.0 Å². The van der Waals surface area contributed by atoms with E-state index in [1.807, 2.05) is 31.2 Å². The number of hydrogen-bond acceptors (Lipinski definition) is 5. The van der Waals surface area contributed by atoms with Crippen LogP contribution in [0.15, 0.2) is 47.0 Å². The molecule has 1 saturated heterocycles. The number of anilines is 1. The van der Waals surface area contributed by atoms with E-state index in [0.717, 1.165) is 37.1 Å². The zero-order valence-electron chi connectivity index (χ0n) is 17.2. The molecule has 7 heteroatoms. The lowest BCUT2D eigenvalue weighted by atomic mass is 9.97. The van der Waals surface area contributed by atoms with E-state index in [9.17, 15) is 9.18 Å². The second kappa shape index (κ2) is 8.75. The van der Waals surface area contributed by atoms with E-state index in [4.69, 9.17) is 4.52 Å². The van der Waals surface area contributed by atoms with E-state index in [1.54, 1.807) is 19.1 Å². The topological polar surface area (TPSA) is 71.3 Å². The molecule has 0 unspecified atom stereocenters. The van der Waals surface area contributed by atoms with Crippen molar-refractivity contribution < 1.29 is 13.7 Å². The smallest absolute Gasteiger partial charge is 0.238 e. The van der Waals surface area contributed by atoms with Crippen molar-refractivity contribution in [2.24, 2.45) is 0 Å². The summed E-state index contributed by atoms with van der Waals surface area (Å²) in [5.41, 5.74) is 3.14. The summed E-state index contributed by atoms with van der Waals surface area (Å²) in [6.45, 7) is 5.54. The van der Waals surface area contributed by atoms with Gasteiger partial charge in [-0.2, -0.15) is 4.98 Å². The Bertz CT molecular complexity index is 1040. The molecule has 4 rings (SSSR count). The molecule has 0 atom stereocenters. The summed E-state index contributed by atoms with van der Waals surface area (Å²) in [5.74, 6) is 1.00. The van der Waals surface area contributed by atoms with Gasteiger partial charge in [0.15, 0.2) is 0 Å². The Morgan fingerprint density at radius 2 is 2.00 bits per heavy atom. The Labute approximate surface area is 175 Å². The van der Waals surface area contributed by atoms with Gasteiger partial charge in [0.25, 0.3) is 0 Å². The highest BCUT2D eigenvalue weighted by Crippen LogP contribution is 2.28. The van der Waals surface area contributed by atoms with Crippen LogP contribution in [-0.2, 0) is 4.79 Å². The van der Waals surface area contributed by atoms with Gasteiger partial charge in [0.05, 0.1) is 6.54 Å². The molecule has 1 N–H and O–H groups in total. The van der Waals surface area contributed by atoms with Crippen molar-refractivity contribution >= 4 is 11.6 Å². The van der Waals surface area contributed by atoms with E-state index in [2.05, 4.69) is 20.4 Å². The van der Waals surface area contributed by atoms with E-state index >= 15 is 0 Å². The number of hydrogen-bond donors (Lipinski definition) is 1. The summed E-state index contributed by atoms with van der Waals surface area (Å²) < 4.78 is 19.2. The third-order valence-corrected chi connectivity index (χ3v) is 5.48. The van der Waals surface area contributed by atoms with Crippen molar-refractivity contribution in [3.05, 3.63) is 65.3 Å². The third kappa shape index (κ3) is 4.74. The average molecular weight is 408 g/mol. The SMILES string of the molecule is Cc1cccc(-c2noc(C3CCN(CC(=O)Nc4ccc(C)c(F)c4)CC3)n2)c1. The van der Waals surface area contributed by atoms with Crippen LogP contribution in [-0.4, -0.2) is 40.6 Å². The molecule has 1 amide bonds. The number of halogens is 1. The van der Waals surface area contributed by atoms with Gasteiger partial charge in [-0.05, 0) is 63.5 Å². The molecule has 6 nitrogen and oxygen atoms in total. The minimum absolute atomic E-state index is 0.142. The number of aryl methyl sites for hydroxylation is 2. The Hall–Kier alpha value is -3.06. The molecule has 0 saturated carbocycles. The zero-order chi connectivity index (χ0) is 21.1. The molecule has 1 aliphatic heterocycles. The molecular formula is C23H25FN4O2. The number of benzene rings is 2. The van der Waals surface area contributed by atoms with Crippen LogP contribution in [0.1, 0.15) is 35.8 Å². The van der Waals surface area contributed by atoms with E-state index in [1.165, 1.54) is 6.07 Å². The van der Waals surface area contributed by atoms with Crippen LogP contribution < -0.4 is 5.32 Å². The molecule has 30 heavy (non-hydrogen) atoms. The van der Waals surface area contributed by atoms with Crippen LogP contribution in [0.4, 0.5) is 10.1 Å². The van der Waals surface area contributed by atoms with Crippen LogP contribution in [0.2, 0.25) is 0 Å². The Balaban J connectivity index is 1.30.